The molecule has 0 N–H and O–H groups in total. The average Bonchev–Trinajstić information content (AvgIpc) is 2.72. The second kappa shape index (κ2) is 4.16. The Balaban J connectivity index is 2.50. The molecule has 0 radical (unpaired) electrons. The fourth-order valence-electron chi connectivity index (χ4n) is 1.99. The first kappa shape index (κ1) is 11.0. The van der Waals surface area contributed by atoms with Crippen LogP contribution >= 0.6 is 0 Å². The van der Waals surface area contributed by atoms with E-state index in [0.717, 1.165) is 28.9 Å². The van der Waals surface area contributed by atoms with E-state index in [2.05, 4.69) is 13.0 Å². The minimum Gasteiger partial charge on any atom is -0.453 e. The van der Waals surface area contributed by atoms with E-state index in [1.807, 2.05) is 13.8 Å². The van der Waals surface area contributed by atoms with Gasteiger partial charge in [0.1, 0.15) is 6.29 Å². The zero-order chi connectivity index (χ0) is 11.7. The van der Waals surface area contributed by atoms with E-state index in [1.54, 1.807) is 0 Å². The Kier molecular flexibility index (Phi) is 2.86. The third-order valence-electron chi connectivity index (χ3n) is 3.16. The van der Waals surface area contributed by atoms with Gasteiger partial charge in [-0.2, -0.15) is 0 Å². The van der Waals surface area contributed by atoms with Crippen molar-refractivity contribution in [3.63, 3.8) is 0 Å². The van der Waals surface area contributed by atoms with Gasteiger partial charge in [0.2, 0.25) is 6.79 Å². The monoisotopic (exact) mass is 220 g/mol. The SMILES string of the molecule is Cc1cc(C(C)CC=O)c2c(c1C)OCO2. The van der Waals surface area contributed by atoms with Crippen LogP contribution in [0.4, 0.5) is 0 Å². The maximum atomic E-state index is 10.6. The number of fused-ring (bicyclic) bond motifs is 1. The Morgan fingerprint density at radius 1 is 1.38 bits per heavy atom. The van der Waals surface area contributed by atoms with Crippen LogP contribution in [-0.4, -0.2) is 13.1 Å². The van der Waals surface area contributed by atoms with Crippen LogP contribution in [0.15, 0.2) is 6.07 Å². The number of carbonyl (C=O) groups is 1. The summed E-state index contributed by atoms with van der Waals surface area (Å²) in [4.78, 5) is 10.6. The first-order valence-corrected chi connectivity index (χ1v) is 5.48. The van der Waals surface area contributed by atoms with Crippen molar-refractivity contribution < 1.29 is 14.3 Å². The van der Waals surface area contributed by atoms with Crippen LogP contribution in [0.3, 0.4) is 0 Å². The van der Waals surface area contributed by atoms with Crippen molar-refractivity contribution in [1.29, 1.82) is 0 Å². The highest BCUT2D eigenvalue weighted by molar-refractivity contribution is 5.59. The van der Waals surface area contributed by atoms with E-state index in [1.165, 1.54) is 5.56 Å². The number of ether oxygens (including phenoxy) is 2. The molecule has 0 amide bonds. The zero-order valence-corrected chi connectivity index (χ0v) is 9.87. The molecule has 1 aromatic rings. The second-order valence-corrected chi connectivity index (χ2v) is 4.28. The molecule has 1 aliphatic rings. The second-order valence-electron chi connectivity index (χ2n) is 4.28. The fraction of sp³-hybridized carbons (Fsp3) is 0.462. The number of aryl methyl sites for hydroxylation is 1. The molecule has 1 aliphatic heterocycles. The van der Waals surface area contributed by atoms with E-state index >= 15 is 0 Å². The lowest BCUT2D eigenvalue weighted by Crippen LogP contribution is -1.99. The Labute approximate surface area is 95.4 Å². The van der Waals surface area contributed by atoms with E-state index in [0.29, 0.717) is 6.42 Å². The molecule has 1 atom stereocenters. The number of benzene rings is 1. The van der Waals surface area contributed by atoms with Gasteiger partial charge in [-0.3, -0.25) is 0 Å². The number of aldehydes is 1. The summed E-state index contributed by atoms with van der Waals surface area (Å²) in [6.45, 7) is 6.38. The summed E-state index contributed by atoms with van der Waals surface area (Å²) in [5, 5.41) is 0. The first-order chi connectivity index (χ1) is 7.65. The maximum absolute atomic E-state index is 10.6. The Bertz CT molecular complexity index is 424. The number of rotatable bonds is 3. The van der Waals surface area contributed by atoms with Crippen LogP contribution in [0.2, 0.25) is 0 Å². The van der Waals surface area contributed by atoms with E-state index in [-0.39, 0.29) is 12.7 Å². The number of hydrogen-bond acceptors (Lipinski definition) is 3. The largest absolute Gasteiger partial charge is 0.453 e. The molecule has 2 rings (SSSR count). The van der Waals surface area contributed by atoms with Gasteiger partial charge in [0.05, 0.1) is 0 Å². The van der Waals surface area contributed by atoms with Crippen molar-refractivity contribution in [3.8, 4) is 11.5 Å². The molecule has 3 heteroatoms. The molecule has 0 aliphatic carbocycles. The third-order valence-corrected chi connectivity index (χ3v) is 3.16. The maximum Gasteiger partial charge on any atom is 0.231 e. The van der Waals surface area contributed by atoms with Crippen molar-refractivity contribution in [3.05, 3.63) is 22.8 Å². The van der Waals surface area contributed by atoms with Crippen LogP contribution in [0.25, 0.3) is 0 Å². The predicted molar refractivity (Wildman–Crippen MR) is 61.1 cm³/mol. The first-order valence-electron chi connectivity index (χ1n) is 5.48. The molecule has 0 saturated carbocycles. The minimum atomic E-state index is 0.173. The lowest BCUT2D eigenvalue weighted by Gasteiger charge is -2.14. The molecule has 16 heavy (non-hydrogen) atoms. The van der Waals surface area contributed by atoms with Crippen LogP contribution in [0.5, 0.6) is 11.5 Å². The summed E-state index contributed by atoms with van der Waals surface area (Å²) >= 11 is 0. The van der Waals surface area contributed by atoms with Crippen LogP contribution in [0.1, 0.15) is 36.0 Å². The van der Waals surface area contributed by atoms with Crippen LogP contribution in [-0.2, 0) is 4.79 Å². The molecular weight excluding hydrogens is 204 g/mol. The highest BCUT2D eigenvalue weighted by atomic mass is 16.7. The molecule has 3 nitrogen and oxygen atoms in total. The van der Waals surface area contributed by atoms with E-state index in [9.17, 15) is 4.79 Å². The van der Waals surface area contributed by atoms with Gasteiger partial charge < -0.3 is 14.3 Å². The van der Waals surface area contributed by atoms with Gasteiger partial charge >= 0.3 is 0 Å². The van der Waals surface area contributed by atoms with Gasteiger partial charge in [-0.1, -0.05) is 13.0 Å². The van der Waals surface area contributed by atoms with Gasteiger partial charge in [0.25, 0.3) is 0 Å². The smallest absolute Gasteiger partial charge is 0.231 e. The van der Waals surface area contributed by atoms with Crippen molar-refractivity contribution in [1.82, 2.24) is 0 Å². The lowest BCUT2D eigenvalue weighted by molar-refractivity contribution is -0.108. The molecular formula is C13H16O3. The summed E-state index contributed by atoms with van der Waals surface area (Å²) in [6, 6.07) is 2.09. The van der Waals surface area contributed by atoms with Crippen molar-refractivity contribution >= 4 is 6.29 Å². The zero-order valence-electron chi connectivity index (χ0n) is 9.87. The quantitative estimate of drug-likeness (QED) is 0.735. The summed E-state index contributed by atoms with van der Waals surface area (Å²) < 4.78 is 11.0. The highest BCUT2D eigenvalue weighted by Crippen LogP contribution is 2.43. The summed E-state index contributed by atoms with van der Waals surface area (Å²) in [5.74, 6) is 1.83. The molecule has 0 saturated heterocycles. The summed E-state index contributed by atoms with van der Waals surface area (Å²) in [6.07, 6.45) is 1.46. The predicted octanol–water partition coefficient (Wildman–Crippen LogP) is 2.72. The van der Waals surface area contributed by atoms with Gasteiger partial charge in [0, 0.05) is 12.0 Å². The Morgan fingerprint density at radius 2 is 2.06 bits per heavy atom. The average molecular weight is 220 g/mol. The van der Waals surface area contributed by atoms with Crippen molar-refractivity contribution in [2.24, 2.45) is 0 Å². The van der Waals surface area contributed by atoms with Gasteiger partial charge in [-0.15, -0.1) is 0 Å². The highest BCUT2D eigenvalue weighted by Gasteiger charge is 2.24. The van der Waals surface area contributed by atoms with Crippen molar-refractivity contribution in [2.75, 3.05) is 6.79 Å². The third kappa shape index (κ3) is 1.66. The van der Waals surface area contributed by atoms with Crippen LogP contribution in [0, 0.1) is 13.8 Å². The molecule has 1 unspecified atom stereocenters. The fourth-order valence-corrected chi connectivity index (χ4v) is 1.99. The van der Waals surface area contributed by atoms with Gasteiger partial charge in [-0.05, 0) is 30.9 Å². The standard InChI is InChI=1S/C13H16O3/c1-8(4-5-14)11-6-9(2)10(3)12-13(11)16-7-15-12/h5-6,8H,4,7H2,1-3H3. The van der Waals surface area contributed by atoms with E-state index < -0.39 is 0 Å². The summed E-state index contributed by atoms with van der Waals surface area (Å²) in [5.41, 5.74) is 3.37. The molecule has 0 aromatic heterocycles. The van der Waals surface area contributed by atoms with Gasteiger partial charge in [0.15, 0.2) is 11.5 Å². The molecule has 1 heterocycles. The lowest BCUT2D eigenvalue weighted by atomic mass is 9.93. The number of hydrogen-bond donors (Lipinski definition) is 0. The minimum absolute atomic E-state index is 0.173. The molecule has 86 valence electrons. The van der Waals surface area contributed by atoms with Gasteiger partial charge in [-0.25, -0.2) is 0 Å². The van der Waals surface area contributed by atoms with Crippen molar-refractivity contribution in [2.45, 2.75) is 33.1 Å². The molecule has 0 spiro atoms. The molecule has 0 bridgehead atoms. The summed E-state index contributed by atoms with van der Waals surface area (Å²) in [7, 11) is 0. The Morgan fingerprint density at radius 3 is 2.75 bits per heavy atom. The topological polar surface area (TPSA) is 35.5 Å². The normalized spacial score (nSPS) is 14.9. The number of carbonyl (C=O) groups excluding carboxylic acids is 1. The Hall–Kier alpha value is -1.51. The molecule has 1 aromatic carbocycles. The van der Waals surface area contributed by atoms with Crippen LogP contribution < -0.4 is 9.47 Å². The molecule has 0 fully saturated rings. The van der Waals surface area contributed by atoms with E-state index in [4.69, 9.17) is 9.47 Å².